The SMILES string of the molecule is C/C=C/C1CCC/C1=C\c1ccc(CCCC)cc1. The van der Waals surface area contributed by atoms with Gasteiger partial charge in [-0.3, -0.25) is 0 Å². The van der Waals surface area contributed by atoms with Gasteiger partial charge in [0.05, 0.1) is 0 Å². The zero-order valence-electron chi connectivity index (χ0n) is 12.4. The molecule has 2 rings (SSSR count). The minimum absolute atomic E-state index is 0.685. The van der Waals surface area contributed by atoms with E-state index in [1.165, 1.54) is 49.7 Å². The Bertz CT molecular complexity index is 434. The molecule has 0 heterocycles. The molecule has 0 radical (unpaired) electrons. The van der Waals surface area contributed by atoms with Crippen LogP contribution >= 0.6 is 0 Å². The van der Waals surface area contributed by atoms with Crippen LogP contribution in [0.2, 0.25) is 0 Å². The van der Waals surface area contributed by atoms with Crippen LogP contribution in [0.3, 0.4) is 0 Å². The molecule has 1 fully saturated rings. The highest BCUT2D eigenvalue weighted by Gasteiger charge is 2.17. The lowest BCUT2D eigenvalue weighted by Gasteiger charge is -2.07. The van der Waals surface area contributed by atoms with E-state index >= 15 is 0 Å². The van der Waals surface area contributed by atoms with Gasteiger partial charge in [0.15, 0.2) is 0 Å². The molecule has 0 saturated heterocycles. The Labute approximate surface area is 118 Å². The van der Waals surface area contributed by atoms with Crippen molar-refractivity contribution in [1.29, 1.82) is 0 Å². The van der Waals surface area contributed by atoms with Crippen LogP contribution in [-0.4, -0.2) is 0 Å². The highest BCUT2D eigenvalue weighted by molar-refractivity contribution is 5.55. The molecule has 0 aliphatic heterocycles. The van der Waals surface area contributed by atoms with E-state index < -0.39 is 0 Å². The van der Waals surface area contributed by atoms with Crippen LogP contribution in [0.4, 0.5) is 0 Å². The second kappa shape index (κ2) is 7.33. The first kappa shape index (κ1) is 14.1. The first-order chi connectivity index (χ1) is 9.33. The van der Waals surface area contributed by atoms with Gasteiger partial charge in [0, 0.05) is 0 Å². The minimum Gasteiger partial charge on any atom is -0.0911 e. The first-order valence-electron chi connectivity index (χ1n) is 7.75. The second-order valence-electron chi connectivity index (χ2n) is 5.59. The van der Waals surface area contributed by atoms with Gasteiger partial charge < -0.3 is 0 Å². The Kier molecular flexibility index (Phi) is 5.44. The van der Waals surface area contributed by atoms with Gasteiger partial charge >= 0.3 is 0 Å². The van der Waals surface area contributed by atoms with Crippen molar-refractivity contribution in [2.45, 2.75) is 52.4 Å². The van der Waals surface area contributed by atoms with Crippen molar-refractivity contribution in [1.82, 2.24) is 0 Å². The summed E-state index contributed by atoms with van der Waals surface area (Å²) in [6.45, 7) is 4.37. The maximum Gasteiger partial charge on any atom is -0.00199 e. The highest BCUT2D eigenvalue weighted by Crippen LogP contribution is 2.33. The number of hydrogen-bond acceptors (Lipinski definition) is 0. The molecule has 0 amide bonds. The Morgan fingerprint density at radius 2 is 2.00 bits per heavy atom. The predicted octanol–water partition coefficient (Wildman–Crippen LogP) is 5.79. The molecule has 1 unspecified atom stereocenters. The molecule has 0 nitrogen and oxygen atoms in total. The van der Waals surface area contributed by atoms with Crippen molar-refractivity contribution in [3.8, 4) is 0 Å². The lowest BCUT2D eigenvalue weighted by molar-refractivity contribution is 0.766. The van der Waals surface area contributed by atoms with E-state index in [2.05, 4.69) is 56.3 Å². The Balaban J connectivity index is 2.05. The fourth-order valence-electron chi connectivity index (χ4n) is 2.90. The number of rotatable bonds is 5. The van der Waals surface area contributed by atoms with E-state index in [1.807, 2.05) is 0 Å². The van der Waals surface area contributed by atoms with Crippen molar-refractivity contribution < 1.29 is 0 Å². The van der Waals surface area contributed by atoms with E-state index in [0.717, 1.165) is 0 Å². The molecule has 0 aromatic heterocycles. The molecule has 0 bridgehead atoms. The van der Waals surface area contributed by atoms with Crippen molar-refractivity contribution >= 4 is 6.08 Å². The van der Waals surface area contributed by atoms with Crippen LogP contribution in [0.25, 0.3) is 6.08 Å². The molecule has 0 N–H and O–H groups in total. The van der Waals surface area contributed by atoms with E-state index in [4.69, 9.17) is 0 Å². The molecule has 1 aromatic carbocycles. The summed E-state index contributed by atoms with van der Waals surface area (Å²) in [5, 5.41) is 0. The topological polar surface area (TPSA) is 0 Å². The van der Waals surface area contributed by atoms with Gasteiger partial charge in [0.25, 0.3) is 0 Å². The molecule has 1 saturated carbocycles. The Morgan fingerprint density at radius 3 is 2.68 bits per heavy atom. The smallest absolute Gasteiger partial charge is 0.00199 e. The van der Waals surface area contributed by atoms with Gasteiger partial charge in [0.1, 0.15) is 0 Å². The third kappa shape index (κ3) is 4.09. The summed E-state index contributed by atoms with van der Waals surface area (Å²) >= 11 is 0. The molecule has 0 heteroatoms. The summed E-state index contributed by atoms with van der Waals surface area (Å²) in [5.74, 6) is 0.685. The average Bonchev–Trinajstić information content (AvgIpc) is 2.86. The fourth-order valence-corrected chi connectivity index (χ4v) is 2.90. The zero-order chi connectivity index (χ0) is 13.5. The largest absolute Gasteiger partial charge is 0.0911 e. The molecule has 1 atom stereocenters. The molecule has 102 valence electrons. The number of benzene rings is 1. The monoisotopic (exact) mass is 254 g/mol. The van der Waals surface area contributed by atoms with Gasteiger partial charge in [-0.1, -0.05) is 61.4 Å². The van der Waals surface area contributed by atoms with Gasteiger partial charge in [-0.2, -0.15) is 0 Å². The molecule has 19 heavy (non-hydrogen) atoms. The fraction of sp³-hybridized carbons (Fsp3) is 0.474. The summed E-state index contributed by atoms with van der Waals surface area (Å²) in [7, 11) is 0. The van der Waals surface area contributed by atoms with Crippen LogP contribution in [-0.2, 0) is 6.42 Å². The number of aryl methyl sites for hydroxylation is 1. The summed E-state index contributed by atoms with van der Waals surface area (Å²) in [5.41, 5.74) is 4.45. The quantitative estimate of drug-likeness (QED) is 0.583. The second-order valence-corrected chi connectivity index (χ2v) is 5.59. The predicted molar refractivity (Wildman–Crippen MR) is 85.2 cm³/mol. The summed E-state index contributed by atoms with van der Waals surface area (Å²) in [4.78, 5) is 0. The lowest BCUT2D eigenvalue weighted by Crippen LogP contribution is -1.91. The van der Waals surface area contributed by atoms with Crippen molar-refractivity contribution in [3.05, 3.63) is 53.1 Å². The van der Waals surface area contributed by atoms with Crippen LogP contribution in [0, 0.1) is 5.92 Å². The molecule has 0 spiro atoms. The zero-order valence-corrected chi connectivity index (χ0v) is 12.4. The van der Waals surface area contributed by atoms with Gasteiger partial charge in [-0.15, -0.1) is 0 Å². The Hall–Kier alpha value is -1.30. The highest BCUT2D eigenvalue weighted by atomic mass is 14.2. The van der Waals surface area contributed by atoms with Gasteiger partial charge in [-0.05, 0) is 56.1 Å². The average molecular weight is 254 g/mol. The number of hydrogen-bond donors (Lipinski definition) is 0. The van der Waals surface area contributed by atoms with E-state index in [-0.39, 0.29) is 0 Å². The summed E-state index contributed by atoms with van der Waals surface area (Å²) in [6, 6.07) is 9.15. The third-order valence-corrected chi connectivity index (χ3v) is 4.03. The lowest BCUT2D eigenvalue weighted by atomic mass is 9.99. The van der Waals surface area contributed by atoms with Crippen LogP contribution in [0.5, 0.6) is 0 Å². The standard InChI is InChI=1S/C19H26/c1-3-5-8-16-11-13-17(14-12-16)15-19-10-6-9-18(19)7-4-2/h4,7,11-15,18H,3,5-6,8-10H2,1-2H3/b7-4+,19-15+. The number of allylic oxidation sites excluding steroid dienone is 3. The summed E-state index contributed by atoms with van der Waals surface area (Å²) in [6.07, 6.45) is 14.7. The molecule has 1 aromatic rings. The van der Waals surface area contributed by atoms with Crippen LogP contribution < -0.4 is 0 Å². The van der Waals surface area contributed by atoms with Crippen LogP contribution in [0.1, 0.15) is 57.1 Å². The first-order valence-corrected chi connectivity index (χ1v) is 7.75. The maximum absolute atomic E-state index is 2.40. The van der Waals surface area contributed by atoms with Crippen molar-refractivity contribution in [2.24, 2.45) is 5.92 Å². The van der Waals surface area contributed by atoms with E-state index in [1.54, 1.807) is 5.57 Å². The summed E-state index contributed by atoms with van der Waals surface area (Å²) < 4.78 is 0. The third-order valence-electron chi connectivity index (χ3n) is 4.03. The van der Waals surface area contributed by atoms with Crippen molar-refractivity contribution in [3.63, 3.8) is 0 Å². The van der Waals surface area contributed by atoms with E-state index in [0.29, 0.717) is 5.92 Å². The number of unbranched alkanes of at least 4 members (excludes halogenated alkanes) is 1. The molecule has 1 aliphatic rings. The van der Waals surface area contributed by atoms with Crippen LogP contribution in [0.15, 0.2) is 42.0 Å². The van der Waals surface area contributed by atoms with Crippen molar-refractivity contribution in [2.75, 3.05) is 0 Å². The Morgan fingerprint density at radius 1 is 1.21 bits per heavy atom. The molecular weight excluding hydrogens is 228 g/mol. The van der Waals surface area contributed by atoms with Gasteiger partial charge in [-0.25, -0.2) is 0 Å². The minimum atomic E-state index is 0.685. The van der Waals surface area contributed by atoms with E-state index in [9.17, 15) is 0 Å². The molecular formula is C19H26. The normalized spacial score (nSPS) is 21.6. The van der Waals surface area contributed by atoms with Gasteiger partial charge in [0.2, 0.25) is 0 Å². The molecule has 1 aliphatic carbocycles. The maximum atomic E-state index is 2.40.